The lowest BCUT2D eigenvalue weighted by Gasteiger charge is -2.08. The molecular formula is C11H5Br2NO4S. The molecule has 8 heteroatoms. The summed E-state index contributed by atoms with van der Waals surface area (Å²) in [5.41, 5.74) is -0.0509. The van der Waals surface area contributed by atoms with E-state index in [1.165, 1.54) is 23.5 Å². The molecule has 19 heavy (non-hydrogen) atoms. The average molecular weight is 407 g/mol. The summed E-state index contributed by atoms with van der Waals surface area (Å²) >= 11 is 7.70. The minimum atomic E-state index is -0.492. The van der Waals surface area contributed by atoms with Crippen LogP contribution in [0.25, 0.3) is 0 Å². The molecule has 0 aliphatic carbocycles. The van der Waals surface area contributed by atoms with E-state index in [1.807, 2.05) is 0 Å². The van der Waals surface area contributed by atoms with Crippen LogP contribution in [0.15, 0.2) is 32.5 Å². The van der Waals surface area contributed by atoms with Crippen molar-refractivity contribution in [1.82, 2.24) is 0 Å². The van der Waals surface area contributed by atoms with Crippen molar-refractivity contribution in [2.45, 2.75) is 0 Å². The lowest BCUT2D eigenvalue weighted by molar-refractivity contribution is -0.385. The molecule has 0 saturated carbocycles. The van der Waals surface area contributed by atoms with Gasteiger partial charge in [-0.05, 0) is 31.9 Å². The number of nitro groups is 1. The lowest BCUT2D eigenvalue weighted by Crippen LogP contribution is -1.91. The number of halogens is 2. The fourth-order valence-electron chi connectivity index (χ4n) is 1.32. The van der Waals surface area contributed by atoms with Crippen molar-refractivity contribution in [3.05, 3.63) is 47.5 Å². The summed E-state index contributed by atoms with van der Waals surface area (Å²) in [5.74, 6) is 0.920. The zero-order chi connectivity index (χ0) is 14.0. The second kappa shape index (κ2) is 5.81. The van der Waals surface area contributed by atoms with Gasteiger partial charge in [0.05, 0.1) is 18.7 Å². The van der Waals surface area contributed by atoms with Crippen LogP contribution in [0, 0.1) is 10.1 Å². The third kappa shape index (κ3) is 3.20. The number of nitrogens with zero attached hydrogens (tertiary/aromatic N) is 1. The Morgan fingerprint density at radius 2 is 1.89 bits per heavy atom. The fourth-order valence-corrected chi connectivity index (χ4v) is 3.25. The number of non-ortho nitro benzene ring substituents is 1. The van der Waals surface area contributed by atoms with Gasteiger partial charge >= 0.3 is 0 Å². The van der Waals surface area contributed by atoms with Gasteiger partial charge in [-0.15, -0.1) is 11.3 Å². The number of carbonyl (C=O) groups excluding carboxylic acids is 1. The third-order valence-corrected chi connectivity index (χ3v) is 4.14. The Hall–Kier alpha value is -1.25. The SMILES string of the molecule is O=Cc1cc(Oc2c(Br)cc([N+](=O)[O-])cc2Br)cs1. The van der Waals surface area contributed by atoms with Crippen molar-refractivity contribution in [1.29, 1.82) is 0 Å². The van der Waals surface area contributed by atoms with Gasteiger partial charge in [0.2, 0.25) is 0 Å². The number of benzene rings is 1. The summed E-state index contributed by atoms with van der Waals surface area (Å²) in [6.07, 6.45) is 0.734. The molecule has 0 N–H and O–H groups in total. The molecule has 1 aromatic heterocycles. The second-order valence-electron chi connectivity index (χ2n) is 3.40. The monoisotopic (exact) mass is 405 g/mol. The minimum absolute atomic E-state index is 0.0509. The van der Waals surface area contributed by atoms with E-state index < -0.39 is 4.92 Å². The van der Waals surface area contributed by atoms with Crippen LogP contribution in [0.4, 0.5) is 5.69 Å². The van der Waals surface area contributed by atoms with Gasteiger partial charge in [0.1, 0.15) is 5.75 Å². The van der Waals surface area contributed by atoms with Gasteiger partial charge in [0.25, 0.3) is 5.69 Å². The van der Waals surface area contributed by atoms with Crippen LogP contribution in [0.5, 0.6) is 11.5 Å². The average Bonchev–Trinajstić information content (AvgIpc) is 2.81. The molecular weight excluding hydrogens is 402 g/mol. The Morgan fingerprint density at radius 3 is 2.37 bits per heavy atom. The molecule has 0 radical (unpaired) electrons. The summed E-state index contributed by atoms with van der Waals surface area (Å²) in [4.78, 5) is 21.3. The predicted octanol–water partition coefficient (Wildman–Crippen LogP) is 4.79. The van der Waals surface area contributed by atoms with Crippen LogP contribution < -0.4 is 4.74 Å². The lowest BCUT2D eigenvalue weighted by atomic mass is 10.3. The fraction of sp³-hybridized carbons (Fsp3) is 0. The number of carbonyl (C=O) groups is 1. The van der Waals surface area contributed by atoms with Gasteiger partial charge in [-0.3, -0.25) is 14.9 Å². The number of nitro benzene ring substituents is 1. The van der Waals surface area contributed by atoms with Gasteiger partial charge in [0.15, 0.2) is 12.0 Å². The van der Waals surface area contributed by atoms with Gasteiger partial charge in [0, 0.05) is 23.6 Å². The highest BCUT2D eigenvalue weighted by Gasteiger charge is 2.16. The number of aldehydes is 1. The molecule has 1 aromatic carbocycles. The Kier molecular flexibility index (Phi) is 4.33. The Balaban J connectivity index is 2.35. The topological polar surface area (TPSA) is 69.4 Å². The Labute approximate surface area is 128 Å². The highest BCUT2D eigenvalue weighted by atomic mass is 79.9. The van der Waals surface area contributed by atoms with Crippen LogP contribution in [0.3, 0.4) is 0 Å². The van der Waals surface area contributed by atoms with E-state index in [1.54, 1.807) is 11.4 Å². The van der Waals surface area contributed by atoms with E-state index >= 15 is 0 Å². The molecule has 0 saturated heterocycles. The molecule has 0 bridgehead atoms. The molecule has 2 rings (SSSR count). The first-order chi connectivity index (χ1) is 9.01. The standard InChI is InChI=1S/C11H5Br2NO4S/c12-9-1-6(14(16)17)2-10(13)11(9)18-7-3-8(4-15)19-5-7/h1-5H. The van der Waals surface area contributed by atoms with E-state index in [9.17, 15) is 14.9 Å². The summed E-state index contributed by atoms with van der Waals surface area (Å²) in [5, 5.41) is 12.4. The van der Waals surface area contributed by atoms with Crippen LogP contribution in [0.2, 0.25) is 0 Å². The smallest absolute Gasteiger partial charge is 0.271 e. The maximum absolute atomic E-state index is 10.7. The minimum Gasteiger partial charge on any atom is -0.454 e. The van der Waals surface area contributed by atoms with Crippen molar-refractivity contribution in [2.24, 2.45) is 0 Å². The molecule has 5 nitrogen and oxygen atoms in total. The van der Waals surface area contributed by atoms with Gasteiger partial charge in [-0.2, -0.15) is 0 Å². The zero-order valence-electron chi connectivity index (χ0n) is 9.13. The van der Waals surface area contributed by atoms with Crippen molar-refractivity contribution in [3.63, 3.8) is 0 Å². The largest absolute Gasteiger partial charge is 0.454 e. The van der Waals surface area contributed by atoms with Crippen molar-refractivity contribution in [3.8, 4) is 11.5 Å². The van der Waals surface area contributed by atoms with Gasteiger partial charge < -0.3 is 4.74 Å². The first-order valence-corrected chi connectivity index (χ1v) is 7.33. The molecule has 0 atom stereocenters. The van der Waals surface area contributed by atoms with E-state index in [4.69, 9.17) is 4.74 Å². The normalized spacial score (nSPS) is 10.2. The van der Waals surface area contributed by atoms with E-state index in [0.29, 0.717) is 25.3 Å². The second-order valence-corrected chi connectivity index (χ2v) is 6.05. The molecule has 0 aliphatic rings. The Bertz CT molecular complexity index is 633. The van der Waals surface area contributed by atoms with Crippen LogP contribution >= 0.6 is 43.2 Å². The molecule has 0 unspecified atom stereocenters. The van der Waals surface area contributed by atoms with E-state index in [0.717, 1.165) is 6.29 Å². The van der Waals surface area contributed by atoms with E-state index in [-0.39, 0.29) is 5.69 Å². The van der Waals surface area contributed by atoms with Gasteiger partial charge in [-0.25, -0.2) is 0 Å². The number of thiophene rings is 1. The molecule has 2 aromatic rings. The molecule has 98 valence electrons. The van der Waals surface area contributed by atoms with Crippen LogP contribution in [0.1, 0.15) is 9.67 Å². The highest BCUT2D eigenvalue weighted by Crippen LogP contribution is 2.40. The van der Waals surface area contributed by atoms with Crippen LogP contribution in [-0.4, -0.2) is 11.2 Å². The maximum Gasteiger partial charge on any atom is 0.271 e. The highest BCUT2D eigenvalue weighted by molar-refractivity contribution is 9.11. The first kappa shape index (κ1) is 14.2. The molecule has 0 fully saturated rings. The van der Waals surface area contributed by atoms with Crippen molar-refractivity contribution < 1.29 is 14.5 Å². The molecule has 1 heterocycles. The predicted molar refractivity (Wildman–Crippen MR) is 78.3 cm³/mol. The van der Waals surface area contributed by atoms with Gasteiger partial charge in [-0.1, -0.05) is 0 Å². The molecule has 0 amide bonds. The zero-order valence-corrected chi connectivity index (χ0v) is 13.1. The van der Waals surface area contributed by atoms with Crippen molar-refractivity contribution >= 4 is 55.2 Å². The molecule has 0 spiro atoms. The third-order valence-electron chi connectivity index (χ3n) is 2.13. The number of rotatable bonds is 4. The number of hydrogen-bond acceptors (Lipinski definition) is 5. The van der Waals surface area contributed by atoms with Crippen molar-refractivity contribution in [2.75, 3.05) is 0 Å². The molecule has 0 aliphatic heterocycles. The summed E-state index contributed by atoms with van der Waals surface area (Å²) in [7, 11) is 0. The number of ether oxygens (including phenoxy) is 1. The quantitative estimate of drug-likeness (QED) is 0.416. The van der Waals surface area contributed by atoms with E-state index in [2.05, 4.69) is 31.9 Å². The van der Waals surface area contributed by atoms with Crippen LogP contribution in [-0.2, 0) is 0 Å². The summed E-state index contributed by atoms with van der Waals surface area (Å²) < 4.78 is 6.49. The maximum atomic E-state index is 10.7. The first-order valence-electron chi connectivity index (χ1n) is 4.86. The Morgan fingerprint density at radius 1 is 1.26 bits per heavy atom. The summed E-state index contributed by atoms with van der Waals surface area (Å²) in [6.45, 7) is 0. The summed E-state index contributed by atoms with van der Waals surface area (Å²) in [6, 6.07) is 4.30. The number of hydrogen-bond donors (Lipinski definition) is 0.